The Bertz CT molecular complexity index is 187. The van der Waals surface area contributed by atoms with Crippen LogP contribution in [0.15, 0.2) is 0 Å². The van der Waals surface area contributed by atoms with Crippen molar-refractivity contribution in [2.75, 3.05) is 0 Å². The fraction of sp³-hybridized carbons (Fsp3) is 1.00. The van der Waals surface area contributed by atoms with E-state index in [1.54, 1.807) is 0 Å². The van der Waals surface area contributed by atoms with Crippen molar-refractivity contribution >= 4 is 35.9 Å². The van der Waals surface area contributed by atoms with E-state index < -0.39 is 41.7 Å². The van der Waals surface area contributed by atoms with E-state index in [1.807, 2.05) is 6.92 Å². The Morgan fingerprint density at radius 1 is 0.882 bits per heavy atom. The third-order valence-electron chi connectivity index (χ3n) is 1.99. The monoisotopic (exact) mass is 312 g/mol. The fourth-order valence-corrected chi connectivity index (χ4v) is 14.0. The van der Waals surface area contributed by atoms with Crippen LogP contribution >= 0.6 is 0 Å². The minimum atomic E-state index is -2.85. The van der Waals surface area contributed by atoms with Crippen LogP contribution in [0.3, 0.4) is 0 Å². The first kappa shape index (κ1) is 17.7. The van der Waals surface area contributed by atoms with Crippen LogP contribution in [0.25, 0.3) is 0 Å². The number of aliphatic hydroxyl groups is 1. The van der Waals surface area contributed by atoms with Crippen LogP contribution in [0.1, 0.15) is 13.3 Å². The normalized spacial score (nSPS) is 15.0. The first-order valence-electron chi connectivity index (χ1n) is 6.45. The average Bonchev–Trinajstić information content (AvgIpc) is 2.12. The first-order valence-corrected chi connectivity index (χ1v) is 16.6. The third-order valence-corrected chi connectivity index (χ3v) is 12.8. The van der Waals surface area contributed by atoms with Crippen LogP contribution in [-0.4, -0.2) is 46.8 Å². The Morgan fingerprint density at radius 3 is 1.35 bits per heavy atom. The van der Waals surface area contributed by atoms with E-state index in [2.05, 4.69) is 39.3 Å². The molecular formula is C9H28O4Si4. The van der Waals surface area contributed by atoms with Crippen molar-refractivity contribution in [2.45, 2.75) is 58.4 Å². The van der Waals surface area contributed by atoms with Gasteiger partial charge in [0.1, 0.15) is 5.73 Å². The topological polar surface area (TPSA) is 47.9 Å². The van der Waals surface area contributed by atoms with Crippen LogP contribution in [0.2, 0.25) is 39.3 Å². The van der Waals surface area contributed by atoms with E-state index >= 15 is 0 Å². The van der Waals surface area contributed by atoms with Gasteiger partial charge in [-0.05, 0) is 45.7 Å². The quantitative estimate of drug-likeness (QED) is 0.685. The first-order chi connectivity index (χ1) is 7.73. The van der Waals surface area contributed by atoms with Crippen LogP contribution in [-0.2, 0) is 12.3 Å². The predicted molar refractivity (Wildman–Crippen MR) is 81.9 cm³/mol. The molecule has 1 atom stereocenters. The molecule has 0 heterocycles. The summed E-state index contributed by atoms with van der Waals surface area (Å²) in [5.74, 6) is 0. The zero-order valence-electron chi connectivity index (χ0n) is 12.2. The Labute approximate surface area is 112 Å². The van der Waals surface area contributed by atoms with E-state index in [9.17, 15) is 5.11 Å². The molecule has 8 heteroatoms. The van der Waals surface area contributed by atoms with Crippen molar-refractivity contribution in [2.24, 2.45) is 0 Å². The lowest BCUT2D eigenvalue weighted by Crippen LogP contribution is -2.61. The second-order valence-corrected chi connectivity index (χ2v) is 16.0. The second-order valence-electron chi connectivity index (χ2n) is 5.03. The molecule has 0 rings (SSSR count). The minimum Gasteiger partial charge on any atom is -0.418 e. The summed E-state index contributed by atoms with van der Waals surface area (Å²) >= 11 is 0. The summed E-state index contributed by atoms with van der Waals surface area (Å²) < 4.78 is 18.2. The number of hydrogen-bond donors (Lipinski definition) is 1. The van der Waals surface area contributed by atoms with Gasteiger partial charge < -0.3 is 17.5 Å². The molecule has 0 aromatic rings. The van der Waals surface area contributed by atoms with Gasteiger partial charge in [0, 0.05) is 0 Å². The summed E-state index contributed by atoms with van der Waals surface area (Å²) in [5, 5.41) is 10.3. The molecule has 104 valence electrons. The molecule has 1 N–H and O–H groups in total. The molecule has 17 heavy (non-hydrogen) atoms. The van der Waals surface area contributed by atoms with Crippen LogP contribution < -0.4 is 0 Å². The van der Waals surface area contributed by atoms with Gasteiger partial charge in [-0.15, -0.1) is 0 Å². The summed E-state index contributed by atoms with van der Waals surface area (Å²) in [6, 6.07) is 0. The number of aliphatic hydroxyl groups excluding tert-OH is 1. The van der Waals surface area contributed by atoms with Gasteiger partial charge in [-0.25, -0.2) is 0 Å². The maximum Gasteiger partial charge on any atom is 0.499 e. The maximum absolute atomic E-state index is 10.3. The molecule has 1 unspecified atom stereocenters. The third kappa shape index (κ3) is 6.43. The van der Waals surface area contributed by atoms with Gasteiger partial charge in [-0.1, -0.05) is 6.92 Å². The summed E-state index contributed by atoms with van der Waals surface area (Å²) in [6.45, 7) is 14.5. The van der Waals surface area contributed by atoms with Gasteiger partial charge in [-0.2, -0.15) is 0 Å². The molecule has 0 bridgehead atoms. The molecule has 0 radical (unpaired) electrons. The molecule has 0 aliphatic heterocycles. The standard InChI is InChI=1S/C9H28O4Si4/c1-8-9(10)17(11-14(2)3,12-15(4)5)13-16(6)7/h9-10,14-16H,8H2,1-7H3. The Balaban J connectivity index is 5.04. The van der Waals surface area contributed by atoms with Gasteiger partial charge in [0.15, 0.2) is 27.1 Å². The predicted octanol–water partition coefficient (Wildman–Crippen LogP) is 1.24. The molecule has 0 aliphatic rings. The van der Waals surface area contributed by atoms with E-state index in [0.717, 1.165) is 0 Å². The van der Waals surface area contributed by atoms with Crippen molar-refractivity contribution in [3.05, 3.63) is 0 Å². The van der Waals surface area contributed by atoms with Crippen molar-refractivity contribution in [3.8, 4) is 0 Å². The minimum absolute atomic E-state index is 0.567. The molecule has 0 aromatic heterocycles. The number of hydrogen-bond acceptors (Lipinski definition) is 4. The van der Waals surface area contributed by atoms with Crippen LogP contribution in [0, 0.1) is 0 Å². The lowest BCUT2D eigenvalue weighted by molar-refractivity contribution is 0.136. The van der Waals surface area contributed by atoms with Crippen molar-refractivity contribution in [1.82, 2.24) is 0 Å². The lowest BCUT2D eigenvalue weighted by atomic mass is 10.5. The van der Waals surface area contributed by atoms with Gasteiger partial charge in [0.2, 0.25) is 0 Å². The molecule has 0 spiro atoms. The highest BCUT2D eigenvalue weighted by Gasteiger charge is 2.49. The van der Waals surface area contributed by atoms with Gasteiger partial charge in [-0.3, -0.25) is 0 Å². The highest BCUT2D eigenvalue weighted by atomic mass is 28.5. The highest BCUT2D eigenvalue weighted by molar-refractivity contribution is 6.80. The van der Waals surface area contributed by atoms with Crippen molar-refractivity contribution in [3.63, 3.8) is 0 Å². The SMILES string of the molecule is CCC(O)[Si](O[SiH](C)C)(O[SiH](C)C)O[SiH](C)C. The van der Waals surface area contributed by atoms with Crippen molar-refractivity contribution in [1.29, 1.82) is 0 Å². The highest BCUT2D eigenvalue weighted by Crippen LogP contribution is 2.21. The maximum atomic E-state index is 10.3. The Morgan fingerprint density at radius 2 is 1.18 bits per heavy atom. The largest absolute Gasteiger partial charge is 0.499 e. The van der Waals surface area contributed by atoms with E-state index in [4.69, 9.17) is 12.3 Å². The zero-order chi connectivity index (χ0) is 13.6. The van der Waals surface area contributed by atoms with Crippen molar-refractivity contribution < 1.29 is 17.5 Å². The molecule has 0 fully saturated rings. The molecule has 4 nitrogen and oxygen atoms in total. The summed E-state index contributed by atoms with van der Waals surface area (Å²) in [7, 11) is -6.71. The van der Waals surface area contributed by atoms with E-state index in [0.29, 0.717) is 6.42 Å². The summed E-state index contributed by atoms with van der Waals surface area (Å²) in [4.78, 5) is 0. The van der Waals surface area contributed by atoms with E-state index in [1.165, 1.54) is 0 Å². The average molecular weight is 313 g/mol. The van der Waals surface area contributed by atoms with Gasteiger partial charge in [0.25, 0.3) is 0 Å². The molecule has 0 saturated carbocycles. The Kier molecular flexibility index (Phi) is 8.33. The summed E-state index contributed by atoms with van der Waals surface area (Å²) in [6.07, 6.45) is 0.635. The van der Waals surface area contributed by atoms with Crippen LogP contribution in [0.4, 0.5) is 0 Å². The van der Waals surface area contributed by atoms with E-state index in [-0.39, 0.29) is 0 Å². The summed E-state index contributed by atoms with van der Waals surface area (Å²) in [5.41, 5.74) is -0.567. The van der Waals surface area contributed by atoms with Crippen LogP contribution in [0.5, 0.6) is 0 Å². The second kappa shape index (κ2) is 7.99. The molecular weight excluding hydrogens is 284 g/mol. The number of rotatable bonds is 8. The van der Waals surface area contributed by atoms with Gasteiger partial charge in [0.05, 0.1) is 0 Å². The Hall–Kier alpha value is 0.708. The molecule has 0 aromatic carbocycles. The zero-order valence-corrected chi connectivity index (χ0v) is 16.7. The fourth-order valence-electron chi connectivity index (χ4n) is 1.55. The molecule has 0 amide bonds. The molecule has 0 saturated heterocycles. The molecule has 0 aliphatic carbocycles. The smallest absolute Gasteiger partial charge is 0.418 e. The lowest BCUT2D eigenvalue weighted by Gasteiger charge is -2.38. The van der Waals surface area contributed by atoms with Gasteiger partial charge >= 0.3 is 8.80 Å².